The van der Waals surface area contributed by atoms with Gasteiger partial charge in [0.15, 0.2) is 17.5 Å². The van der Waals surface area contributed by atoms with Gasteiger partial charge in [0.2, 0.25) is 0 Å². The van der Waals surface area contributed by atoms with Crippen molar-refractivity contribution in [2.24, 2.45) is 23.2 Å². The highest BCUT2D eigenvalue weighted by molar-refractivity contribution is 5.91. The number of nitrogens with zero attached hydrogens (tertiary/aromatic N) is 3. The van der Waals surface area contributed by atoms with Gasteiger partial charge in [-0.1, -0.05) is 164 Å². The Bertz CT molecular complexity index is 3400. The standard InChI is InChI=1S/C60H43N3O/c1-2-12-38-29-41(24-23-36(38)11-1)57-62-55(37-25-27-42(28-26-37)58-33-44-31-43-32-45(34-58)59(43,44)35-58)61-56(63-57)40-14-9-13-39(30-40)46-17-10-21-52-54(46)64-53-22-8-7-20-51(53)60(52)49-18-5-3-15-47(49)48-16-4-6-19-50(48)60/h1-30,43-45H,31-35H2/t43?,44-,45-,58?,59?/m0/s1. The zero-order valence-corrected chi connectivity index (χ0v) is 35.3. The van der Waals surface area contributed by atoms with Gasteiger partial charge in [0.05, 0.1) is 5.41 Å². The van der Waals surface area contributed by atoms with Gasteiger partial charge in [-0.05, 0) is 123 Å². The highest BCUT2D eigenvalue weighted by Gasteiger charge is 2.77. The first-order chi connectivity index (χ1) is 31.6. The molecule has 2 spiro atoms. The van der Waals surface area contributed by atoms with Crippen LogP contribution in [0.1, 0.15) is 59.9 Å². The normalized spacial score (nSPS) is 24.2. The maximum absolute atomic E-state index is 7.06. The molecule has 0 unspecified atom stereocenters. The zero-order chi connectivity index (χ0) is 41.8. The fourth-order valence-corrected chi connectivity index (χ4v) is 14.4. The predicted molar refractivity (Wildman–Crippen MR) is 254 cm³/mol. The van der Waals surface area contributed by atoms with Gasteiger partial charge in [-0.15, -0.1) is 0 Å². The second-order valence-electron chi connectivity index (χ2n) is 19.7. The Hall–Kier alpha value is -7.17. The van der Waals surface area contributed by atoms with E-state index in [-0.39, 0.29) is 0 Å². The monoisotopic (exact) mass is 821 g/mol. The summed E-state index contributed by atoms with van der Waals surface area (Å²) in [6, 6.07) is 66.0. The Labute approximate surface area is 372 Å². The summed E-state index contributed by atoms with van der Waals surface area (Å²) in [4.78, 5) is 15.8. The number of ether oxygens (including phenoxy) is 1. The third kappa shape index (κ3) is 4.50. The lowest BCUT2D eigenvalue weighted by atomic mass is 9.38. The molecule has 0 N–H and O–H groups in total. The van der Waals surface area contributed by atoms with E-state index in [1.807, 2.05) is 0 Å². The minimum atomic E-state index is -0.533. The van der Waals surface area contributed by atoms with E-state index in [9.17, 15) is 0 Å². The number of hydrogen-bond donors (Lipinski definition) is 0. The maximum atomic E-state index is 7.06. The number of para-hydroxylation sites is 2. The fraction of sp³-hybridized carbons (Fsp3) is 0.183. The zero-order valence-electron chi connectivity index (χ0n) is 35.3. The van der Waals surface area contributed by atoms with E-state index in [2.05, 4.69) is 182 Å². The lowest BCUT2D eigenvalue weighted by molar-refractivity contribution is -0.175. The molecule has 1 aromatic heterocycles. The van der Waals surface area contributed by atoms with E-state index in [0.717, 1.165) is 73.6 Å². The van der Waals surface area contributed by atoms with Gasteiger partial charge in [-0.2, -0.15) is 0 Å². The van der Waals surface area contributed by atoms with Crippen LogP contribution in [-0.4, -0.2) is 15.0 Å². The quantitative estimate of drug-likeness (QED) is 0.173. The third-order valence-corrected chi connectivity index (χ3v) is 17.0. The molecular weight excluding hydrogens is 779 g/mol. The van der Waals surface area contributed by atoms with Crippen molar-refractivity contribution >= 4 is 10.8 Å². The summed E-state index contributed by atoms with van der Waals surface area (Å²) >= 11 is 0. The average molecular weight is 822 g/mol. The van der Waals surface area contributed by atoms with E-state index >= 15 is 0 Å². The van der Waals surface area contributed by atoms with Crippen LogP contribution in [0, 0.1) is 23.2 Å². The molecule has 4 saturated carbocycles. The predicted octanol–water partition coefficient (Wildman–Crippen LogP) is 14.2. The van der Waals surface area contributed by atoms with E-state index < -0.39 is 5.41 Å². The van der Waals surface area contributed by atoms with E-state index in [0.29, 0.717) is 28.3 Å². The van der Waals surface area contributed by atoms with Crippen LogP contribution in [0.3, 0.4) is 0 Å². The largest absolute Gasteiger partial charge is 0.456 e. The minimum absolute atomic E-state index is 0.354. The first-order valence-electron chi connectivity index (χ1n) is 23.2. The summed E-state index contributed by atoms with van der Waals surface area (Å²) in [7, 11) is 0. The van der Waals surface area contributed by atoms with Crippen LogP contribution >= 0.6 is 0 Å². The van der Waals surface area contributed by atoms with Crippen LogP contribution < -0.4 is 4.74 Å². The fourth-order valence-electron chi connectivity index (χ4n) is 14.4. The van der Waals surface area contributed by atoms with Crippen LogP contribution in [0.4, 0.5) is 0 Å². The number of fused-ring (bicyclic) bond motifs is 11. The van der Waals surface area contributed by atoms with Gasteiger partial charge >= 0.3 is 0 Å². The molecule has 1 aliphatic heterocycles. The lowest BCUT2D eigenvalue weighted by Gasteiger charge is -2.66. The Balaban J connectivity index is 0.870. The molecule has 15 rings (SSSR count). The topological polar surface area (TPSA) is 47.9 Å². The molecule has 0 amide bonds. The van der Waals surface area contributed by atoms with Crippen molar-refractivity contribution in [2.75, 3.05) is 0 Å². The number of aromatic nitrogens is 3. The Morgan fingerprint density at radius 1 is 0.422 bits per heavy atom. The molecule has 2 bridgehead atoms. The summed E-state index contributed by atoms with van der Waals surface area (Å²) in [6.45, 7) is 0. The van der Waals surface area contributed by atoms with Crippen molar-refractivity contribution in [1.29, 1.82) is 0 Å². The molecule has 4 heteroatoms. The van der Waals surface area contributed by atoms with Gasteiger partial charge in [-0.25, -0.2) is 15.0 Å². The van der Waals surface area contributed by atoms with E-state index in [1.165, 1.54) is 65.3 Å². The summed E-state index contributed by atoms with van der Waals surface area (Å²) < 4.78 is 7.06. The van der Waals surface area contributed by atoms with Crippen LogP contribution in [0.2, 0.25) is 0 Å². The molecule has 2 atom stereocenters. The van der Waals surface area contributed by atoms with Gasteiger partial charge in [0.25, 0.3) is 0 Å². The van der Waals surface area contributed by atoms with Crippen LogP contribution in [-0.2, 0) is 10.8 Å². The minimum Gasteiger partial charge on any atom is -0.456 e. The first-order valence-corrected chi connectivity index (χ1v) is 23.2. The molecule has 6 aliphatic rings. The lowest BCUT2D eigenvalue weighted by Crippen LogP contribution is -2.59. The van der Waals surface area contributed by atoms with Crippen molar-refractivity contribution in [3.63, 3.8) is 0 Å². The summed E-state index contributed by atoms with van der Waals surface area (Å²) in [5.74, 6) is 6.68. The molecule has 4 fully saturated rings. The van der Waals surface area contributed by atoms with E-state index in [1.54, 1.807) is 0 Å². The van der Waals surface area contributed by atoms with Crippen molar-refractivity contribution < 1.29 is 4.74 Å². The first kappa shape index (κ1) is 35.3. The van der Waals surface area contributed by atoms with Crippen LogP contribution in [0.15, 0.2) is 182 Å². The molecule has 304 valence electrons. The van der Waals surface area contributed by atoms with Crippen molar-refractivity contribution in [1.82, 2.24) is 15.0 Å². The smallest absolute Gasteiger partial charge is 0.164 e. The summed E-state index contributed by atoms with van der Waals surface area (Å²) in [5.41, 5.74) is 14.4. The Kier molecular flexibility index (Phi) is 6.90. The highest BCUT2D eigenvalue weighted by atomic mass is 16.5. The SMILES string of the molecule is c1cc(-c2nc(-c3ccc(C45C[C@@H]6CC7C[C@@H](C4)C76C5)cc3)nc(-c3ccc4ccccc4c3)n2)cc(-c2cccc3c2Oc2ccccc2C32c3ccccc3-c3ccccc32)c1. The van der Waals surface area contributed by atoms with Crippen LogP contribution in [0.25, 0.3) is 67.2 Å². The number of rotatable bonds is 5. The molecule has 64 heavy (non-hydrogen) atoms. The van der Waals surface area contributed by atoms with Gasteiger partial charge < -0.3 is 4.74 Å². The average Bonchev–Trinajstić information content (AvgIpc) is 3.96. The number of hydrogen-bond acceptors (Lipinski definition) is 4. The molecule has 2 heterocycles. The van der Waals surface area contributed by atoms with Gasteiger partial charge in [0, 0.05) is 33.4 Å². The summed E-state index contributed by atoms with van der Waals surface area (Å²) in [5, 5.41) is 2.35. The molecule has 9 aromatic rings. The second-order valence-corrected chi connectivity index (χ2v) is 19.7. The van der Waals surface area contributed by atoms with Crippen molar-refractivity contribution in [3.8, 4) is 67.9 Å². The molecule has 5 aliphatic carbocycles. The maximum Gasteiger partial charge on any atom is 0.164 e. The molecule has 0 radical (unpaired) electrons. The molecule has 0 saturated heterocycles. The number of benzene rings is 8. The molecular formula is C60H43N3O. The highest BCUT2D eigenvalue weighted by Crippen LogP contribution is 2.84. The third-order valence-electron chi connectivity index (χ3n) is 17.0. The van der Waals surface area contributed by atoms with E-state index in [4.69, 9.17) is 19.7 Å². The molecule has 8 aromatic carbocycles. The van der Waals surface area contributed by atoms with Crippen molar-refractivity contribution in [3.05, 3.63) is 210 Å². The van der Waals surface area contributed by atoms with Gasteiger partial charge in [-0.3, -0.25) is 0 Å². The van der Waals surface area contributed by atoms with Gasteiger partial charge in [0.1, 0.15) is 11.5 Å². The summed E-state index contributed by atoms with van der Waals surface area (Å²) in [6.07, 6.45) is 7.10. The second kappa shape index (κ2) is 12.5. The van der Waals surface area contributed by atoms with Crippen LogP contribution in [0.5, 0.6) is 11.5 Å². The Morgan fingerprint density at radius 2 is 0.984 bits per heavy atom. The Morgan fingerprint density at radius 3 is 1.70 bits per heavy atom. The molecule has 4 nitrogen and oxygen atoms in total. The van der Waals surface area contributed by atoms with Crippen molar-refractivity contribution in [2.45, 2.75) is 42.9 Å².